The van der Waals surface area contributed by atoms with Gasteiger partial charge in [0, 0.05) is 12.6 Å². The minimum atomic E-state index is -0.170. The molecule has 1 amide bonds. The molecule has 0 aliphatic rings. The van der Waals surface area contributed by atoms with Gasteiger partial charge in [0.1, 0.15) is 11.5 Å². The zero-order valence-electron chi connectivity index (χ0n) is 11.6. The minimum Gasteiger partial charge on any atom is -0.455 e. The molecule has 0 heterocycles. The second-order valence-corrected chi connectivity index (χ2v) is 4.43. The van der Waals surface area contributed by atoms with E-state index < -0.39 is 0 Å². The largest absolute Gasteiger partial charge is 0.455 e. The van der Waals surface area contributed by atoms with Crippen molar-refractivity contribution in [3.05, 3.63) is 53.6 Å². The van der Waals surface area contributed by atoms with Gasteiger partial charge in [0.05, 0.1) is 5.69 Å². The summed E-state index contributed by atoms with van der Waals surface area (Å²) in [5.74, 6) is 1.12. The molecule has 0 radical (unpaired) electrons. The highest BCUT2D eigenvalue weighted by Gasteiger charge is 2.08. The molecular formula is C16H18N2O2. The standard InChI is InChI=1S/C16H18N2O2/c1-3-11-5-4-6-13(9-11)20-15-8-7-12(10-14(15)17)16(19)18-2/h4-10H,3,17H2,1-2H3,(H,18,19). The number of ether oxygens (including phenoxy) is 1. The van der Waals surface area contributed by atoms with E-state index in [9.17, 15) is 4.79 Å². The fourth-order valence-electron chi connectivity index (χ4n) is 1.88. The van der Waals surface area contributed by atoms with Crippen molar-refractivity contribution in [3.8, 4) is 11.5 Å². The van der Waals surface area contributed by atoms with Crippen molar-refractivity contribution in [2.45, 2.75) is 13.3 Å². The number of aryl methyl sites for hydroxylation is 1. The van der Waals surface area contributed by atoms with Crippen LogP contribution < -0.4 is 15.8 Å². The number of anilines is 1. The highest BCUT2D eigenvalue weighted by Crippen LogP contribution is 2.28. The second kappa shape index (κ2) is 6.10. The van der Waals surface area contributed by atoms with Crippen LogP contribution in [0, 0.1) is 0 Å². The molecule has 2 rings (SSSR count). The summed E-state index contributed by atoms with van der Waals surface area (Å²) in [6.45, 7) is 2.09. The van der Waals surface area contributed by atoms with E-state index in [1.807, 2.05) is 24.3 Å². The first kappa shape index (κ1) is 13.9. The van der Waals surface area contributed by atoms with Gasteiger partial charge in [0.25, 0.3) is 5.91 Å². The third kappa shape index (κ3) is 3.09. The van der Waals surface area contributed by atoms with Crippen LogP contribution in [0.5, 0.6) is 11.5 Å². The zero-order valence-corrected chi connectivity index (χ0v) is 11.6. The van der Waals surface area contributed by atoms with E-state index in [1.54, 1.807) is 25.2 Å². The first-order valence-corrected chi connectivity index (χ1v) is 6.52. The van der Waals surface area contributed by atoms with Crippen molar-refractivity contribution in [2.75, 3.05) is 12.8 Å². The van der Waals surface area contributed by atoms with Crippen LogP contribution in [0.25, 0.3) is 0 Å². The number of hydrogen-bond donors (Lipinski definition) is 2. The van der Waals surface area contributed by atoms with Crippen LogP contribution in [0.3, 0.4) is 0 Å². The van der Waals surface area contributed by atoms with Gasteiger partial charge in [-0.3, -0.25) is 4.79 Å². The van der Waals surface area contributed by atoms with Crippen molar-refractivity contribution in [3.63, 3.8) is 0 Å². The molecule has 3 N–H and O–H groups in total. The van der Waals surface area contributed by atoms with Gasteiger partial charge in [-0.05, 0) is 42.3 Å². The van der Waals surface area contributed by atoms with Crippen LogP contribution in [-0.2, 0) is 6.42 Å². The molecule has 0 saturated carbocycles. The van der Waals surface area contributed by atoms with Crippen LogP contribution in [-0.4, -0.2) is 13.0 Å². The highest BCUT2D eigenvalue weighted by molar-refractivity contribution is 5.95. The summed E-state index contributed by atoms with van der Waals surface area (Å²) >= 11 is 0. The Morgan fingerprint density at radius 2 is 2.05 bits per heavy atom. The molecule has 0 bridgehead atoms. The molecule has 4 nitrogen and oxygen atoms in total. The Labute approximate surface area is 118 Å². The van der Waals surface area contributed by atoms with E-state index in [4.69, 9.17) is 10.5 Å². The molecule has 2 aromatic rings. The van der Waals surface area contributed by atoms with Crippen LogP contribution >= 0.6 is 0 Å². The lowest BCUT2D eigenvalue weighted by Crippen LogP contribution is -2.17. The SMILES string of the molecule is CCc1cccc(Oc2ccc(C(=O)NC)cc2N)c1. The average Bonchev–Trinajstić information content (AvgIpc) is 2.48. The molecule has 0 aliphatic heterocycles. The molecule has 0 saturated heterocycles. The van der Waals surface area contributed by atoms with E-state index in [1.165, 1.54) is 5.56 Å². The molecule has 0 aliphatic carbocycles. The Kier molecular flexibility index (Phi) is 4.25. The highest BCUT2D eigenvalue weighted by atomic mass is 16.5. The lowest BCUT2D eigenvalue weighted by molar-refractivity contribution is 0.0963. The van der Waals surface area contributed by atoms with Gasteiger partial charge in [-0.2, -0.15) is 0 Å². The molecule has 20 heavy (non-hydrogen) atoms. The van der Waals surface area contributed by atoms with Crippen LogP contribution in [0.15, 0.2) is 42.5 Å². The average molecular weight is 270 g/mol. The normalized spacial score (nSPS) is 10.1. The predicted molar refractivity (Wildman–Crippen MR) is 80.1 cm³/mol. The molecule has 0 atom stereocenters. The minimum absolute atomic E-state index is 0.170. The van der Waals surface area contributed by atoms with Gasteiger partial charge >= 0.3 is 0 Å². The molecule has 0 aromatic heterocycles. The predicted octanol–water partition coefficient (Wildman–Crippen LogP) is 2.98. The number of hydrogen-bond acceptors (Lipinski definition) is 3. The Hall–Kier alpha value is -2.49. The Balaban J connectivity index is 2.23. The van der Waals surface area contributed by atoms with E-state index in [-0.39, 0.29) is 5.91 Å². The number of nitrogens with two attached hydrogens (primary N) is 1. The third-order valence-electron chi connectivity index (χ3n) is 3.03. The maximum absolute atomic E-state index is 11.5. The summed E-state index contributed by atoms with van der Waals surface area (Å²) in [5.41, 5.74) is 8.08. The zero-order chi connectivity index (χ0) is 14.5. The number of nitrogen functional groups attached to an aromatic ring is 1. The quantitative estimate of drug-likeness (QED) is 0.839. The fraction of sp³-hybridized carbons (Fsp3) is 0.188. The van der Waals surface area contributed by atoms with E-state index >= 15 is 0 Å². The van der Waals surface area contributed by atoms with Gasteiger partial charge in [0.15, 0.2) is 0 Å². The van der Waals surface area contributed by atoms with E-state index in [2.05, 4.69) is 12.2 Å². The number of nitrogens with one attached hydrogen (secondary N) is 1. The maximum atomic E-state index is 11.5. The van der Waals surface area contributed by atoms with Crippen molar-refractivity contribution in [1.82, 2.24) is 5.32 Å². The number of amides is 1. The topological polar surface area (TPSA) is 64.3 Å². The van der Waals surface area contributed by atoms with Crippen molar-refractivity contribution >= 4 is 11.6 Å². The first-order valence-electron chi connectivity index (χ1n) is 6.52. The summed E-state index contributed by atoms with van der Waals surface area (Å²) < 4.78 is 5.76. The molecule has 0 spiro atoms. The molecule has 4 heteroatoms. The van der Waals surface area contributed by atoms with Gasteiger partial charge < -0.3 is 15.8 Å². The Morgan fingerprint density at radius 3 is 2.70 bits per heavy atom. The molecule has 2 aromatic carbocycles. The maximum Gasteiger partial charge on any atom is 0.251 e. The number of carbonyl (C=O) groups is 1. The fourth-order valence-corrected chi connectivity index (χ4v) is 1.88. The summed E-state index contributed by atoms with van der Waals surface area (Å²) in [6.07, 6.45) is 0.947. The molecule has 104 valence electrons. The van der Waals surface area contributed by atoms with E-state index in [0.29, 0.717) is 17.0 Å². The van der Waals surface area contributed by atoms with Gasteiger partial charge in [-0.25, -0.2) is 0 Å². The van der Waals surface area contributed by atoms with Gasteiger partial charge in [-0.1, -0.05) is 19.1 Å². The molecule has 0 unspecified atom stereocenters. The van der Waals surface area contributed by atoms with Crippen LogP contribution in [0.1, 0.15) is 22.8 Å². The Morgan fingerprint density at radius 1 is 1.25 bits per heavy atom. The first-order chi connectivity index (χ1) is 9.63. The summed E-state index contributed by atoms with van der Waals surface area (Å²) in [6, 6.07) is 12.9. The summed E-state index contributed by atoms with van der Waals surface area (Å²) in [4.78, 5) is 11.5. The van der Waals surface area contributed by atoms with Gasteiger partial charge in [0.2, 0.25) is 0 Å². The number of rotatable bonds is 4. The van der Waals surface area contributed by atoms with Gasteiger partial charge in [-0.15, -0.1) is 0 Å². The Bertz CT molecular complexity index is 624. The number of carbonyl (C=O) groups excluding carboxylic acids is 1. The van der Waals surface area contributed by atoms with E-state index in [0.717, 1.165) is 12.2 Å². The van der Waals surface area contributed by atoms with Crippen LogP contribution in [0.4, 0.5) is 5.69 Å². The molecule has 0 fully saturated rings. The van der Waals surface area contributed by atoms with Crippen molar-refractivity contribution in [1.29, 1.82) is 0 Å². The lowest BCUT2D eigenvalue weighted by atomic mass is 10.1. The summed E-state index contributed by atoms with van der Waals surface area (Å²) in [5, 5.41) is 2.56. The smallest absolute Gasteiger partial charge is 0.251 e. The monoisotopic (exact) mass is 270 g/mol. The second-order valence-electron chi connectivity index (χ2n) is 4.43. The van der Waals surface area contributed by atoms with Crippen molar-refractivity contribution in [2.24, 2.45) is 0 Å². The molecular weight excluding hydrogens is 252 g/mol. The van der Waals surface area contributed by atoms with Crippen LogP contribution in [0.2, 0.25) is 0 Å². The van der Waals surface area contributed by atoms with Crippen molar-refractivity contribution < 1.29 is 9.53 Å². The lowest BCUT2D eigenvalue weighted by Gasteiger charge is -2.10. The third-order valence-corrected chi connectivity index (χ3v) is 3.03. The number of benzene rings is 2. The summed E-state index contributed by atoms with van der Waals surface area (Å²) in [7, 11) is 1.58.